The molecule has 0 fully saturated rings. The zero-order valence-corrected chi connectivity index (χ0v) is 15.4. The van der Waals surface area contributed by atoms with E-state index in [1.807, 2.05) is 0 Å². The maximum absolute atomic E-state index is 2.49. The van der Waals surface area contributed by atoms with Crippen molar-refractivity contribution in [1.82, 2.24) is 4.57 Å². The Balaban J connectivity index is 2.29. The van der Waals surface area contributed by atoms with E-state index in [1.54, 1.807) is 0 Å². The summed E-state index contributed by atoms with van der Waals surface area (Å²) in [7, 11) is 0. The molecule has 0 aromatic carbocycles. The van der Waals surface area contributed by atoms with Gasteiger partial charge in [-0.2, -0.15) is 0 Å². The van der Waals surface area contributed by atoms with Crippen LogP contribution in [-0.2, 0) is 19.5 Å². The molecule has 1 heterocycles. The number of unbranched alkanes of at least 4 members (excludes halogenated alkanes) is 9. The summed E-state index contributed by atoms with van der Waals surface area (Å²) in [6.07, 6.45) is 20.9. The minimum absolute atomic E-state index is 1.15. The molecule has 0 aliphatic heterocycles. The van der Waals surface area contributed by atoms with E-state index >= 15 is 0 Å². The molecular weight excluding hydrogens is 268 g/mol. The molecule has 0 saturated carbocycles. The van der Waals surface area contributed by atoms with Crippen LogP contribution in [0, 0.1) is 0 Å². The molecule has 0 aliphatic rings. The van der Waals surface area contributed by atoms with Crippen LogP contribution in [0.4, 0.5) is 0 Å². The Morgan fingerprint density at radius 2 is 1.36 bits per heavy atom. The van der Waals surface area contributed by atoms with E-state index in [4.69, 9.17) is 0 Å². The van der Waals surface area contributed by atoms with E-state index in [0.717, 1.165) is 6.42 Å². The smallest absolute Gasteiger partial charge is 0.234 e. The third-order valence-corrected chi connectivity index (χ3v) is 4.66. The molecule has 0 spiro atoms. The number of nitrogens with zero attached hydrogens (tertiary/aromatic N) is 2. The molecular formula is C20H39N2+. The predicted molar refractivity (Wildman–Crippen MR) is 96.1 cm³/mol. The topological polar surface area (TPSA) is 8.81 Å². The second-order valence-electron chi connectivity index (χ2n) is 6.64. The van der Waals surface area contributed by atoms with E-state index in [1.165, 1.54) is 89.5 Å². The molecule has 1 rings (SSSR count). The molecule has 0 bridgehead atoms. The van der Waals surface area contributed by atoms with Crippen molar-refractivity contribution in [2.24, 2.45) is 0 Å². The number of imidazole rings is 1. The summed E-state index contributed by atoms with van der Waals surface area (Å²) < 4.78 is 4.98. The Kier molecular flexibility index (Phi) is 11.1. The molecule has 2 heteroatoms. The molecule has 2 nitrogen and oxygen atoms in total. The number of aryl methyl sites for hydroxylation is 2. The van der Waals surface area contributed by atoms with Gasteiger partial charge < -0.3 is 0 Å². The maximum atomic E-state index is 2.49. The number of rotatable bonds is 14. The first kappa shape index (κ1) is 19.3. The molecule has 0 saturated heterocycles. The maximum Gasteiger partial charge on any atom is 0.256 e. The highest BCUT2D eigenvalue weighted by atomic mass is 15.1. The van der Waals surface area contributed by atoms with Crippen LogP contribution in [0.2, 0.25) is 0 Å². The number of hydrogen-bond donors (Lipinski definition) is 0. The Morgan fingerprint density at radius 3 is 2.00 bits per heavy atom. The average molecular weight is 308 g/mol. The van der Waals surface area contributed by atoms with Gasteiger partial charge in [0.1, 0.15) is 12.4 Å². The van der Waals surface area contributed by atoms with E-state index in [9.17, 15) is 0 Å². The van der Waals surface area contributed by atoms with Crippen molar-refractivity contribution < 1.29 is 4.57 Å². The van der Waals surface area contributed by atoms with Gasteiger partial charge in [-0.15, -0.1) is 0 Å². The van der Waals surface area contributed by atoms with E-state index < -0.39 is 0 Å². The van der Waals surface area contributed by atoms with Gasteiger partial charge in [-0.3, -0.25) is 0 Å². The second-order valence-corrected chi connectivity index (χ2v) is 6.64. The fraction of sp³-hybridized carbons (Fsp3) is 0.850. The van der Waals surface area contributed by atoms with E-state index in [-0.39, 0.29) is 0 Å². The lowest BCUT2D eigenvalue weighted by Gasteiger charge is -2.04. The van der Waals surface area contributed by atoms with Gasteiger partial charge in [-0.05, 0) is 25.7 Å². The van der Waals surface area contributed by atoms with Crippen LogP contribution >= 0.6 is 0 Å². The minimum Gasteiger partial charge on any atom is -0.234 e. The summed E-state index contributed by atoms with van der Waals surface area (Å²) in [6, 6.07) is 0. The van der Waals surface area contributed by atoms with Crippen LogP contribution in [0.3, 0.4) is 0 Å². The summed E-state index contributed by atoms with van der Waals surface area (Å²) >= 11 is 0. The van der Waals surface area contributed by atoms with Crippen LogP contribution in [0.25, 0.3) is 0 Å². The highest BCUT2D eigenvalue weighted by Crippen LogP contribution is 2.08. The SMILES string of the molecule is CCCCCCCCn1cc[n+](CCCCCCC)c1CC. The largest absolute Gasteiger partial charge is 0.256 e. The van der Waals surface area contributed by atoms with Crippen LogP contribution in [0.15, 0.2) is 12.4 Å². The van der Waals surface area contributed by atoms with Crippen molar-refractivity contribution in [2.75, 3.05) is 0 Å². The van der Waals surface area contributed by atoms with Crippen molar-refractivity contribution in [1.29, 1.82) is 0 Å². The van der Waals surface area contributed by atoms with Gasteiger partial charge in [0.15, 0.2) is 0 Å². The summed E-state index contributed by atoms with van der Waals surface area (Å²) in [6.45, 7) is 9.27. The standard InChI is InChI=1S/C20H39N2/c1-4-7-9-11-13-15-17-22-19-18-21(20(22)6-3)16-14-12-10-8-5-2/h18-19H,4-17H2,1-3H3/q+1. The van der Waals surface area contributed by atoms with Crippen molar-refractivity contribution in [3.63, 3.8) is 0 Å². The van der Waals surface area contributed by atoms with Crippen LogP contribution < -0.4 is 4.57 Å². The summed E-state index contributed by atoms with van der Waals surface area (Å²) in [4.78, 5) is 0. The monoisotopic (exact) mass is 307 g/mol. The van der Waals surface area contributed by atoms with Crippen LogP contribution in [0.5, 0.6) is 0 Å². The highest BCUT2D eigenvalue weighted by Gasteiger charge is 2.14. The first-order valence-electron chi connectivity index (χ1n) is 9.90. The summed E-state index contributed by atoms with van der Waals surface area (Å²) in [5.74, 6) is 1.52. The fourth-order valence-electron chi connectivity index (χ4n) is 3.26. The highest BCUT2D eigenvalue weighted by molar-refractivity contribution is 4.83. The normalized spacial score (nSPS) is 11.2. The van der Waals surface area contributed by atoms with Crippen molar-refractivity contribution in [3.8, 4) is 0 Å². The van der Waals surface area contributed by atoms with Gasteiger partial charge in [0.05, 0.1) is 13.1 Å². The quantitative estimate of drug-likeness (QED) is 0.309. The van der Waals surface area contributed by atoms with Gasteiger partial charge in [0.2, 0.25) is 0 Å². The molecule has 0 aliphatic carbocycles. The number of hydrogen-bond acceptors (Lipinski definition) is 0. The zero-order chi connectivity index (χ0) is 16.0. The molecule has 0 N–H and O–H groups in total. The molecule has 128 valence electrons. The third-order valence-electron chi connectivity index (χ3n) is 4.66. The van der Waals surface area contributed by atoms with E-state index in [0.29, 0.717) is 0 Å². The number of aromatic nitrogens is 2. The van der Waals surface area contributed by atoms with Crippen molar-refractivity contribution >= 4 is 0 Å². The van der Waals surface area contributed by atoms with Gasteiger partial charge in [0, 0.05) is 6.42 Å². The lowest BCUT2D eigenvalue weighted by Crippen LogP contribution is -2.37. The zero-order valence-electron chi connectivity index (χ0n) is 15.4. The molecule has 1 aromatic heterocycles. The average Bonchev–Trinajstić information content (AvgIpc) is 2.92. The molecule has 0 radical (unpaired) electrons. The summed E-state index contributed by atoms with van der Waals surface area (Å²) in [5.41, 5.74) is 0. The third kappa shape index (κ3) is 7.47. The van der Waals surface area contributed by atoms with Gasteiger partial charge in [-0.25, -0.2) is 9.13 Å². The Bertz CT molecular complexity index is 368. The Hall–Kier alpha value is -0.790. The van der Waals surface area contributed by atoms with Crippen LogP contribution in [0.1, 0.15) is 97.2 Å². The lowest BCUT2D eigenvalue weighted by atomic mass is 10.1. The molecule has 0 atom stereocenters. The first-order valence-corrected chi connectivity index (χ1v) is 9.90. The molecule has 0 amide bonds. The van der Waals surface area contributed by atoms with Gasteiger partial charge in [0.25, 0.3) is 5.82 Å². The molecule has 1 aromatic rings. The molecule has 22 heavy (non-hydrogen) atoms. The second kappa shape index (κ2) is 12.7. The Labute approximate surface area is 138 Å². The lowest BCUT2D eigenvalue weighted by molar-refractivity contribution is -0.704. The first-order chi connectivity index (χ1) is 10.8. The fourth-order valence-corrected chi connectivity index (χ4v) is 3.26. The van der Waals surface area contributed by atoms with Crippen molar-refractivity contribution in [2.45, 2.75) is 111 Å². The molecule has 0 unspecified atom stereocenters. The van der Waals surface area contributed by atoms with Crippen LogP contribution in [-0.4, -0.2) is 4.57 Å². The van der Waals surface area contributed by atoms with Gasteiger partial charge in [-0.1, -0.05) is 65.7 Å². The predicted octanol–water partition coefficient (Wildman–Crippen LogP) is 5.67. The van der Waals surface area contributed by atoms with E-state index in [2.05, 4.69) is 42.3 Å². The summed E-state index contributed by atoms with van der Waals surface area (Å²) in [5, 5.41) is 0. The Morgan fingerprint density at radius 1 is 0.773 bits per heavy atom. The van der Waals surface area contributed by atoms with Gasteiger partial charge >= 0.3 is 0 Å². The minimum atomic E-state index is 1.15. The van der Waals surface area contributed by atoms with Crippen molar-refractivity contribution in [3.05, 3.63) is 18.2 Å².